The Morgan fingerprint density at radius 2 is 2.12 bits per heavy atom. The van der Waals surface area contributed by atoms with E-state index < -0.39 is 0 Å². The van der Waals surface area contributed by atoms with Gasteiger partial charge in [0, 0.05) is 0 Å². The fourth-order valence-corrected chi connectivity index (χ4v) is 1.26. The van der Waals surface area contributed by atoms with Gasteiger partial charge in [-0.2, -0.15) is 0 Å². The molecule has 44 valence electrons. The Bertz CT molecular complexity index is 217. The minimum Gasteiger partial charge on any atom is -0.302 e. The lowest BCUT2D eigenvalue weighted by molar-refractivity contribution is 1.34. The number of halogens is 2. The van der Waals surface area contributed by atoms with Gasteiger partial charge in [0.1, 0.15) is 9.49 Å². The molecule has 0 amide bonds. The number of nitrogens with one attached hydrogen (secondary N) is 1. The SMILES string of the molecule is O=c1[nH]c(Cl)c(Cl)s1. The Labute approximate surface area is 59.1 Å². The first-order chi connectivity index (χ1) is 3.70. The van der Waals surface area contributed by atoms with E-state index in [0.29, 0.717) is 4.34 Å². The summed E-state index contributed by atoms with van der Waals surface area (Å²) in [6.45, 7) is 0. The number of aromatic amines is 1. The summed E-state index contributed by atoms with van der Waals surface area (Å²) in [4.78, 5) is 12.4. The second-order valence-electron chi connectivity index (χ2n) is 1.10. The number of H-pyrrole nitrogens is 1. The Morgan fingerprint density at radius 3 is 2.25 bits per heavy atom. The molecule has 0 atom stereocenters. The molecule has 0 fully saturated rings. The Hall–Kier alpha value is 0.01000. The zero-order valence-electron chi connectivity index (χ0n) is 3.57. The van der Waals surface area contributed by atoms with Gasteiger partial charge in [0.15, 0.2) is 0 Å². The van der Waals surface area contributed by atoms with Crippen LogP contribution < -0.4 is 4.87 Å². The fraction of sp³-hybridized carbons (Fsp3) is 0. The highest BCUT2D eigenvalue weighted by Crippen LogP contribution is 2.20. The highest BCUT2D eigenvalue weighted by molar-refractivity contribution is 7.14. The summed E-state index contributed by atoms with van der Waals surface area (Å²) in [5, 5.41) is 0.224. The normalized spacial score (nSPS) is 9.75. The van der Waals surface area contributed by atoms with E-state index in [1.807, 2.05) is 0 Å². The first kappa shape index (κ1) is 6.13. The molecule has 0 saturated carbocycles. The molecular weight excluding hydrogens is 169 g/mol. The zero-order chi connectivity index (χ0) is 6.15. The molecule has 0 aliphatic heterocycles. The first-order valence-corrected chi connectivity index (χ1v) is 3.31. The molecule has 2 nitrogen and oxygen atoms in total. The standard InChI is InChI=1S/C3HCl2NOS/c4-1-2(5)8-3(7)6-1/h(H,6,7). The van der Waals surface area contributed by atoms with E-state index in [-0.39, 0.29) is 10.0 Å². The van der Waals surface area contributed by atoms with Crippen LogP contribution in [0, 0.1) is 0 Å². The molecule has 0 aliphatic carbocycles. The van der Waals surface area contributed by atoms with Gasteiger partial charge < -0.3 is 4.98 Å². The van der Waals surface area contributed by atoms with Gasteiger partial charge in [-0.1, -0.05) is 34.5 Å². The van der Waals surface area contributed by atoms with Crippen molar-refractivity contribution in [1.82, 2.24) is 4.98 Å². The van der Waals surface area contributed by atoms with Gasteiger partial charge >= 0.3 is 4.87 Å². The van der Waals surface area contributed by atoms with Crippen LogP contribution in [0.25, 0.3) is 0 Å². The molecule has 0 bridgehead atoms. The molecule has 1 aromatic rings. The maximum absolute atomic E-state index is 10.3. The second kappa shape index (κ2) is 2.09. The largest absolute Gasteiger partial charge is 0.307 e. The number of hydrogen-bond donors (Lipinski definition) is 1. The average Bonchev–Trinajstić information content (AvgIpc) is 1.85. The predicted octanol–water partition coefficient (Wildman–Crippen LogP) is 1.74. The van der Waals surface area contributed by atoms with E-state index in [9.17, 15) is 4.79 Å². The topological polar surface area (TPSA) is 32.9 Å². The van der Waals surface area contributed by atoms with Crippen molar-refractivity contribution in [3.05, 3.63) is 19.2 Å². The molecule has 0 aromatic carbocycles. The lowest BCUT2D eigenvalue weighted by atomic mass is 11.0. The first-order valence-electron chi connectivity index (χ1n) is 1.74. The van der Waals surface area contributed by atoms with Gasteiger partial charge in [0.25, 0.3) is 0 Å². The monoisotopic (exact) mass is 169 g/mol. The van der Waals surface area contributed by atoms with Crippen LogP contribution in [-0.4, -0.2) is 4.98 Å². The van der Waals surface area contributed by atoms with E-state index >= 15 is 0 Å². The lowest BCUT2D eigenvalue weighted by Gasteiger charge is -1.72. The van der Waals surface area contributed by atoms with Crippen LogP contribution in [0.4, 0.5) is 0 Å². The van der Waals surface area contributed by atoms with Gasteiger partial charge in [0.2, 0.25) is 0 Å². The van der Waals surface area contributed by atoms with Crippen LogP contribution in [0.15, 0.2) is 4.79 Å². The summed E-state index contributed by atoms with van der Waals surface area (Å²) in [7, 11) is 0. The molecule has 1 heterocycles. The van der Waals surface area contributed by atoms with Crippen molar-refractivity contribution < 1.29 is 0 Å². The number of hydrogen-bond acceptors (Lipinski definition) is 2. The maximum Gasteiger partial charge on any atom is 0.307 e. The minimum absolute atomic E-state index is 0.222. The van der Waals surface area contributed by atoms with Crippen molar-refractivity contribution in [2.45, 2.75) is 0 Å². The molecule has 8 heavy (non-hydrogen) atoms. The van der Waals surface area contributed by atoms with Gasteiger partial charge in [-0.3, -0.25) is 4.79 Å². The van der Waals surface area contributed by atoms with Crippen LogP contribution in [0.1, 0.15) is 0 Å². The number of aromatic nitrogens is 1. The molecular formula is C3HCl2NOS. The zero-order valence-corrected chi connectivity index (χ0v) is 5.90. The Morgan fingerprint density at radius 1 is 1.50 bits per heavy atom. The van der Waals surface area contributed by atoms with E-state index in [1.54, 1.807) is 0 Å². The van der Waals surface area contributed by atoms with Gasteiger partial charge in [0.05, 0.1) is 0 Å². The van der Waals surface area contributed by atoms with Crippen LogP contribution in [-0.2, 0) is 0 Å². The third-order valence-corrected chi connectivity index (χ3v) is 2.15. The van der Waals surface area contributed by atoms with Gasteiger partial charge in [-0.15, -0.1) is 0 Å². The van der Waals surface area contributed by atoms with Crippen molar-refractivity contribution in [2.75, 3.05) is 0 Å². The predicted molar refractivity (Wildman–Crippen MR) is 35.0 cm³/mol. The molecule has 5 heteroatoms. The summed E-state index contributed by atoms with van der Waals surface area (Å²) in [6.07, 6.45) is 0. The van der Waals surface area contributed by atoms with Crippen molar-refractivity contribution >= 4 is 34.5 Å². The van der Waals surface area contributed by atoms with E-state index in [4.69, 9.17) is 23.2 Å². The van der Waals surface area contributed by atoms with E-state index in [1.165, 1.54) is 0 Å². The highest BCUT2D eigenvalue weighted by Gasteiger charge is 1.98. The summed E-state index contributed by atoms with van der Waals surface area (Å²) < 4.78 is 0.316. The van der Waals surface area contributed by atoms with Crippen molar-refractivity contribution in [2.24, 2.45) is 0 Å². The molecule has 0 aliphatic rings. The maximum atomic E-state index is 10.3. The van der Waals surface area contributed by atoms with Crippen LogP contribution in [0.5, 0.6) is 0 Å². The van der Waals surface area contributed by atoms with Crippen LogP contribution >= 0.6 is 34.5 Å². The molecule has 0 radical (unpaired) electrons. The van der Waals surface area contributed by atoms with Crippen LogP contribution in [0.2, 0.25) is 9.49 Å². The number of thiazole rings is 1. The summed E-state index contributed by atoms with van der Waals surface area (Å²) in [5.41, 5.74) is 0. The quantitative estimate of drug-likeness (QED) is 0.631. The van der Waals surface area contributed by atoms with E-state index in [0.717, 1.165) is 11.3 Å². The summed E-state index contributed by atoms with van der Waals surface area (Å²) in [5.74, 6) is 0. The van der Waals surface area contributed by atoms with Gasteiger partial charge in [-0.05, 0) is 0 Å². The lowest BCUT2D eigenvalue weighted by Crippen LogP contribution is -1.89. The summed E-state index contributed by atoms with van der Waals surface area (Å²) in [6, 6.07) is 0. The smallest absolute Gasteiger partial charge is 0.302 e. The average molecular weight is 170 g/mol. The third-order valence-electron chi connectivity index (χ3n) is 0.567. The molecule has 1 N–H and O–H groups in total. The third kappa shape index (κ3) is 1.05. The van der Waals surface area contributed by atoms with Crippen LogP contribution in [0.3, 0.4) is 0 Å². The van der Waals surface area contributed by atoms with Crippen molar-refractivity contribution in [1.29, 1.82) is 0 Å². The van der Waals surface area contributed by atoms with Crippen molar-refractivity contribution in [3.63, 3.8) is 0 Å². The number of rotatable bonds is 0. The molecule has 0 saturated heterocycles. The Balaban J connectivity index is 3.35. The van der Waals surface area contributed by atoms with Gasteiger partial charge in [-0.25, -0.2) is 0 Å². The second-order valence-corrected chi connectivity index (χ2v) is 3.07. The molecule has 1 rings (SSSR count). The summed E-state index contributed by atoms with van der Waals surface area (Å²) >= 11 is 11.6. The molecule has 1 aromatic heterocycles. The molecule has 0 spiro atoms. The Kier molecular flexibility index (Phi) is 1.60. The van der Waals surface area contributed by atoms with E-state index in [2.05, 4.69) is 4.98 Å². The minimum atomic E-state index is -0.222. The van der Waals surface area contributed by atoms with Crippen molar-refractivity contribution in [3.8, 4) is 0 Å². The highest BCUT2D eigenvalue weighted by atomic mass is 35.5. The fourth-order valence-electron chi connectivity index (χ4n) is 0.290. The molecule has 0 unspecified atom stereocenters.